The molecule has 0 radical (unpaired) electrons. The van der Waals surface area contributed by atoms with Crippen LogP contribution >= 0.6 is 11.6 Å². The Hall–Kier alpha value is -1.24. The van der Waals surface area contributed by atoms with Gasteiger partial charge in [-0.1, -0.05) is 11.6 Å². The molecular formula is C16H19ClF2N2O2. The van der Waals surface area contributed by atoms with Gasteiger partial charge in [-0.3, -0.25) is 9.69 Å². The van der Waals surface area contributed by atoms with E-state index in [0.717, 1.165) is 51.4 Å². The van der Waals surface area contributed by atoms with Gasteiger partial charge in [-0.2, -0.15) is 0 Å². The fraction of sp³-hybridized carbons (Fsp3) is 0.562. The van der Waals surface area contributed by atoms with Crippen LogP contribution in [0, 0.1) is 17.6 Å². The normalized spacial score (nSPS) is 22.6. The highest BCUT2D eigenvalue weighted by atomic mass is 35.5. The largest absolute Gasteiger partial charge is 0.379 e. The molecule has 2 aliphatic rings. The Balaban J connectivity index is 1.62. The molecule has 0 unspecified atom stereocenters. The van der Waals surface area contributed by atoms with Crippen molar-refractivity contribution in [2.24, 2.45) is 5.92 Å². The molecule has 1 amide bonds. The molecule has 2 saturated heterocycles. The molecule has 1 atom stereocenters. The minimum absolute atomic E-state index is 0.251. The van der Waals surface area contributed by atoms with Crippen LogP contribution in [0.4, 0.5) is 8.78 Å². The SMILES string of the molecule is O=C(c1cc(F)c(Cl)cc1F)N1CC[C@H](CN2CCOCC2)C1. The van der Waals surface area contributed by atoms with Crippen LogP contribution in [0.2, 0.25) is 5.02 Å². The quantitative estimate of drug-likeness (QED) is 0.789. The van der Waals surface area contributed by atoms with Gasteiger partial charge >= 0.3 is 0 Å². The predicted molar refractivity (Wildman–Crippen MR) is 82.6 cm³/mol. The second-order valence-electron chi connectivity index (χ2n) is 6.07. The van der Waals surface area contributed by atoms with Gasteiger partial charge < -0.3 is 9.64 Å². The van der Waals surface area contributed by atoms with Crippen molar-refractivity contribution in [1.82, 2.24) is 9.80 Å². The van der Waals surface area contributed by atoms with Crippen molar-refractivity contribution in [3.05, 3.63) is 34.4 Å². The van der Waals surface area contributed by atoms with Gasteiger partial charge in [-0.15, -0.1) is 0 Å². The Labute approximate surface area is 138 Å². The highest BCUT2D eigenvalue weighted by Gasteiger charge is 2.30. The van der Waals surface area contributed by atoms with E-state index in [9.17, 15) is 13.6 Å². The lowest BCUT2D eigenvalue weighted by atomic mass is 10.1. The molecule has 1 aromatic rings. The van der Waals surface area contributed by atoms with E-state index >= 15 is 0 Å². The van der Waals surface area contributed by atoms with Gasteiger partial charge in [0.15, 0.2) is 0 Å². The molecule has 1 aromatic carbocycles. The first-order valence-electron chi connectivity index (χ1n) is 7.78. The summed E-state index contributed by atoms with van der Waals surface area (Å²) >= 11 is 5.53. The first-order valence-corrected chi connectivity index (χ1v) is 8.16. The van der Waals surface area contributed by atoms with E-state index in [-0.39, 0.29) is 10.6 Å². The van der Waals surface area contributed by atoms with E-state index in [1.54, 1.807) is 4.90 Å². The van der Waals surface area contributed by atoms with Gasteiger partial charge in [0, 0.05) is 32.7 Å². The third-order valence-electron chi connectivity index (χ3n) is 4.43. The summed E-state index contributed by atoms with van der Waals surface area (Å²) < 4.78 is 32.7. The van der Waals surface area contributed by atoms with Gasteiger partial charge in [0.2, 0.25) is 0 Å². The molecule has 2 aliphatic heterocycles. The molecule has 0 aromatic heterocycles. The number of nitrogens with zero attached hydrogens (tertiary/aromatic N) is 2. The van der Waals surface area contributed by atoms with Crippen LogP contribution in [0.25, 0.3) is 0 Å². The fourth-order valence-corrected chi connectivity index (χ4v) is 3.32. The molecular weight excluding hydrogens is 326 g/mol. The topological polar surface area (TPSA) is 32.8 Å². The van der Waals surface area contributed by atoms with Crippen LogP contribution in [0.1, 0.15) is 16.8 Å². The van der Waals surface area contributed by atoms with Crippen LogP contribution in [0.15, 0.2) is 12.1 Å². The molecule has 2 fully saturated rings. The average Bonchev–Trinajstić information content (AvgIpc) is 3.00. The lowest BCUT2D eigenvalue weighted by molar-refractivity contribution is 0.0310. The molecule has 126 valence electrons. The molecule has 0 spiro atoms. The summed E-state index contributed by atoms with van der Waals surface area (Å²) in [7, 11) is 0. The van der Waals surface area contributed by atoms with Gasteiger partial charge in [0.1, 0.15) is 11.6 Å². The maximum absolute atomic E-state index is 13.9. The van der Waals surface area contributed by atoms with Crippen LogP contribution in [-0.4, -0.2) is 61.6 Å². The Morgan fingerprint density at radius 1 is 1.22 bits per heavy atom. The van der Waals surface area contributed by atoms with E-state index in [0.29, 0.717) is 19.0 Å². The van der Waals surface area contributed by atoms with Crippen molar-refractivity contribution in [3.8, 4) is 0 Å². The van der Waals surface area contributed by atoms with Crippen LogP contribution < -0.4 is 0 Å². The second-order valence-corrected chi connectivity index (χ2v) is 6.47. The number of hydrogen-bond acceptors (Lipinski definition) is 3. The lowest BCUT2D eigenvalue weighted by Gasteiger charge is -2.29. The molecule has 23 heavy (non-hydrogen) atoms. The van der Waals surface area contributed by atoms with E-state index in [1.807, 2.05) is 0 Å². The number of morpholine rings is 1. The average molecular weight is 345 g/mol. The minimum Gasteiger partial charge on any atom is -0.379 e. The number of ether oxygens (including phenoxy) is 1. The fourth-order valence-electron chi connectivity index (χ4n) is 3.17. The zero-order valence-electron chi connectivity index (χ0n) is 12.7. The number of carbonyl (C=O) groups excluding carboxylic acids is 1. The van der Waals surface area contributed by atoms with Crippen molar-refractivity contribution in [2.75, 3.05) is 45.9 Å². The summed E-state index contributed by atoms with van der Waals surface area (Å²) in [6.45, 7) is 5.33. The van der Waals surface area contributed by atoms with Crippen LogP contribution in [0.5, 0.6) is 0 Å². The third-order valence-corrected chi connectivity index (χ3v) is 4.72. The summed E-state index contributed by atoms with van der Waals surface area (Å²) in [6, 6.07) is 1.74. The maximum Gasteiger partial charge on any atom is 0.256 e. The number of hydrogen-bond donors (Lipinski definition) is 0. The summed E-state index contributed by atoms with van der Waals surface area (Å²) in [5.41, 5.74) is -0.251. The summed E-state index contributed by atoms with van der Waals surface area (Å²) in [5.74, 6) is -1.67. The van der Waals surface area contributed by atoms with Crippen LogP contribution in [-0.2, 0) is 4.74 Å². The number of carbonyl (C=O) groups is 1. The molecule has 7 heteroatoms. The summed E-state index contributed by atoms with van der Waals surface area (Å²) in [4.78, 5) is 16.3. The molecule has 3 rings (SSSR count). The second kappa shape index (κ2) is 7.11. The summed E-state index contributed by atoms with van der Waals surface area (Å²) in [5, 5.41) is -0.314. The first-order chi connectivity index (χ1) is 11.0. The zero-order valence-corrected chi connectivity index (χ0v) is 13.5. The van der Waals surface area contributed by atoms with Crippen molar-refractivity contribution in [1.29, 1.82) is 0 Å². The molecule has 0 saturated carbocycles. The van der Waals surface area contributed by atoms with Crippen molar-refractivity contribution in [2.45, 2.75) is 6.42 Å². The smallest absolute Gasteiger partial charge is 0.256 e. The Morgan fingerprint density at radius 2 is 1.96 bits per heavy atom. The van der Waals surface area contributed by atoms with Crippen LogP contribution in [0.3, 0.4) is 0 Å². The standard InChI is InChI=1S/C16H19ClF2N2O2/c17-13-8-14(18)12(7-15(13)19)16(22)21-2-1-11(10-21)9-20-3-5-23-6-4-20/h7-8,11H,1-6,9-10H2/t11-/m1/s1. The van der Waals surface area contributed by atoms with E-state index in [2.05, 4.69) is 4.90 Å². The number of rotatable bonds is 3. The number of likely N-dealkylation sites (tertiary alicyclic amines) is 1. The van der Waals surface area contributed by atoms with E-state index in [1.165, 1.54) is 0 Å². The van der Waals surface area contributed by atoms with Gasteiger partial charge in [-0.25, -0.2) is 8.78 Å². The number of amides is 1. The molecule has 0 N–H and O–H groups in total. The van der Waals surface area contributed by atoms with Crippen molar-refractivity contribution < 1.29 is 18.3 Å². The van der Waals surface area contributed by atoms with Gasteiger partial charge in [0.05, 0.1) is 23.8 Å². The van der Waals surface area contributed by atoms with Crippen molar-refractivity contribution in [3.63, 3.8) is 0 Å². The predicted octanol–water partition coefficient (Wildman–Crippen LogP) is 2.41. The zero-order chi connectivity index (χ0) is 16.4. The van der Waals surface area contributed by atoms with Crippen molar-refractivity contribution >= 4 is 17.5 Å². The minimum atomic E-state index is -0.780. The van der Waals surface area contributed by atoms with Gasteiger partial charge in [0.25, 0.3) is 5.91 Å². The van der Waals surface area contributed by atoms with E-state index < -0.39 is 17.5 Å². The lowest BCUT2D eigenvalue weighted by Crippen LogP contribution is -2.40. The number of halogens is 3. The maximum atomic E-state index is 13.9. The monoisotopic (exact) mass is 344 g/mol. The Kier molecular flexibility index (Phi) is 5.14. The van der Waals surface area contributed by atoms with E-state index in [4.69, 9.17) is 16.3 Å². The highest BCUT2D eigenvalue weighted by Crippen LogP contribution is 2.24. The van der Waals surface area contributed by atoms with Gasteiger partial charge in [-0.05, 0) is 24.5 Å². The molecule has 0 aliphatic carbocycles. The first kappa shape index (κ1) is 16.6. The molecule has 2 heterocycles. The third kappa shape index (κ3) is 3.82. The Morgan fingerprint density at radius 3 is 2.70 bits per heavy atom. The summed E-state index contributed by atoms with van der Waals surface area (Å²) in [6.07, 6.45) is 0.876. The molecule has 0 bridgehead atoms. The highest BCUT2D eigenvalue weighted by molar-refractivity contribution is 6.30. The molecule has 4 nitrogen and oxygen atoms in total. The Bertz CT molecular complexity index is 594. The number of benzene rings is 1.